The first-order chi connectivity index (χ1) is 15.1. The van der Waals surface area contributed by atoms with Crippen molar-refractivity contribution in [3.05, 3.63) is 76.3 Å². The van der Waals surface area contributed by atoms with Gasteiger partial charge in [0.2, 0.25) is 0 Å². The number of nitro benzene ring substituents is 1. The van der Waals surface area contributed by atoms with Gasteiger partial charge in [0.25, 0.3) is 5.69 Å². The fourth-order valence-electron chi connectivity index (χ4n) is 4.13. The number of esters is 1. The number of benzene rings is 3. The summed E-state index contributed by atoms with van der Waals surface area (Å²) in [5.74, 6) is -0.285. The predicted octanol–water partition coefficient (Wildman–Crippen LogP) is 5.70. The zero-order valence-corrected chi connectivity index (χ0v) is 16.7. The van der Waals surface area contributed by atoms with Crippen LogP contribution in [-0.4, -0.2) is 24.0 Å². The monoisotopic (exact) mass is 416 g/mol. The molecule has 0 saturated carbocycles. The molecule has 1 saturated heterocycles. The molecule has 1 aliphatic heterocycles. The lowest BCUT2D eigenvalue weighted by atomic mass is 10.1. The Bertz CT molecular complexity index is 1300. The van der Waals surface area contributed by atoms with Crippen LogP contribution in [0.25, 0.3) is 21.9 Å². The summed E-state index contributed by atoms with van der Waals surface area (Å²) >= 11 is 0. The molecule has 4 aromatic rings. The van der Waals surface area contributed by atoms with Crippen molar-refractivity contribution in [1.29, 1.82) is 0 Å². The van der Waals surface area contributed by atoms with E-state index in [1.807, 2.05) is 29.2 Å². The lowest BCUT2D eigenvalue weighted by molar-refractivity contribution is -0.384. The minimum absolute atomic E-state index is 0.0763. The highest BCUT2D eigenvalue weighted by Crippen LogP contribution is 2.33. The molecule has 0 bridgehead atoms. The van der Waals surface area contributed by atoms with Gasteiger partial charge in [0.15, 0.2) is 0 Å². The molecule has 0 atom stereocenters. The number of carbonyl (C=O) groups is 1. The van der Waals surface area contributed by atoms with Crippen molar-refractivity contribution in [3.63, 3.8) is 0 Å². The van der Waals surface area contributed by atoms with Crippen molar-refractivity contribution < 1.29 is 18.9 Å². The molecule has 0 unspecified atom stereocenters. The maximum absolute atomic E-state index is 12.7. The smallest absolute Gasteiger partial charge is 0.343 e. The van der Waals surface area contributed by atoms with Gasteiger partial charge >= 0.3 is 5.97 Å². The van der Waals surface area contributed by atoms with Crippen LogP contribution in [0.1, 0.15) is 29.6 Å². The first kappa shape index (κ1) is 19.1. The second-order valence-electron chi connectivity index (χ2n) is 7.65. The molecule has 1 aromatic heterocycles. The Hall–Kier alpha value is -3.87. The number of hydrogen-bond donors (Lipinski definition) is 0. The Morgan fingerprint density at radius 3 is 2.52 bits per heavy atom. The van der Waals surface area contributed by atoms with Crippen molar-refractivity contribution in [2.75, 3.05) is 18.0 Å². The van der Waals surface area contributed by atoms with Crippen LogP contribution in [0.4, 0.5) is 11.4 Å². The Morgan fingerprint density at radius 2 is 1.71 bits per heavy atom. The Balaban J connectivity index is 1.44. The number of furan rings is 1. The van der Waals surface area contributed by atoms with Crippen molar-refractivity contribution in [1.82, 2.24) is 0 Å². The molecule has 156 valence electrons. The number of rotatable bonds is 4. The summed E-state index contributed by atoms with van der Waals surface area (Å²) in [5, 5.41) is 13.4. The van der Waals surface area contributed by atoms with Crippen LogP contribution in [0.5, 0.6) is 5.75 Å². The molecule has 0 radical (unpaired) electrons. The van der Waals surface area contributed by atoms with Crippen LogP contribution in [0.15, 0.2) is 65.1 Å². The van der Waals surface area contributed by atoms with Gasteiger partial charge in [0.05, 0.1) is 10.5 Å². The maximum Gasteiger partial charge on any atom is 0.343 e. The number of ether oxygens (including phenoxy) is 1. The summed E-state index contributed by atoms with van der Waals surface area (Å²) < 4.78 is 11.3. The average Bonchev–Trinajstić information content (AvgIpc) is 3.17. The van der Waals surface area contributed by atoms with E-state index < -0.39 is 10.9 Å². The van der Waals surface area contributed by atoms with Crippen LogP contribution in [-0.2, 0) is 0 Å². The number of nitro groups is 1. The molecule has 1 fully saturated rings. The summed E-state index contributed by atoms with van der Waals surface area (Å²) in [4.78, 5) is 26.0. The third kappa shape index (κ3) is 3.59. The highest BCUT2D eigenvalue weighted by molar-refractivity contribution is 6.05. The molecule has 31 heavy (non-hydrogen) atoms. The molecule has 0 amide bonds. The zero-order chi connectivity index (χ0) is 21.4. The van der Waals surface area contributed by atoms with Crippen molar-refractivity contribution in [2.24, 2.45) is 0 Å². The Labute approximate surface area is 178 Å². The largest absolute Gasteiger partial charge is 0.456 e. The van der Waals surface area contributed by atoms with Gasteiger partial charge in [0, 0.05) is 29.9 Å². The van der Waals surface area contributed by atoms with E-state index in [1.54, 1.807) is 30.3 Å². The zero-order valence-electron chi connectivity index (χ0n) is 16.7. The van der Waals surface area contributed by atoms with E-state index in [-0.39, 0.29) is 11.3 Å². The predicted molar refractivity (Wildman–Crippen MR) is 118 cm³/mol. The van der Waals surface area contributed by atoms with Crippen molar-refractivity contribution >= 4 is 39.3 Å². The SMILES string of the molecule is O=C(Oc1ccc2oc3ccccc3c2c1)c1ccc(N2CCCCC2)c([N+](=O)[O-])c1. The highest BCUT2D eigenvalue weighted by atomic mass is 16.6. The molecule has 7 nitrogen and oxygen atoms in total. The quantitative estimate of drug-likeness (QED) is 0.183. The van der Waals surface area contributed by atoms with Crippen LogP contribution in [0.3, 0.4) is 0 Å². The number of anilines is 1. The highest BCUT2D eigenvalue weighted by Gasteiger charge is 2.24. The first-order valence-electron chi connectivity index (χ1n) is 10.3. The van der Waals surface area contributed by atoms with E-state index in [0.717, 1.165) is 48.7 Å². The lowest BCUT2D eigenvalue weighted by Gasteiger charge is -2.28. The minimum atomic E-state index is -0.638. The van der Waals surface area contributed by atoms with Gasteiger partial charge in [-0.25, -0.2) is 4.79 Å². The summed E-state index contributed by atoms with van der Waals surface area (Å²) in [7, 11) is 0. The van der Waals surface area contributed by atoms with Crippen LogP contribution in [0, 0.1) is 10.1 Å². The standard InChI is InChI=1S/C24H20N2O5/c27-24(16-8-10-20(21(14-16)26(28)29)25-12-4-1-5-13-25)30-17-9-11-23-19(15-17)18-6-2-3-7-22(18)31-23/h2-3,6-11,14-15H,1,4-5,12-13H2. The van der Waals surface area contributed by atoms with Gasteiger partial charge in [0.1, 0.15) is 22.6 Å². The van der Waals surface area contributed by atoms with E-state index >= 15 is 0 Å². The van der Waals surface area contributed by atoms with E-state index in [4.69, 9.17) is 9.15 Å². The van der Waals surface area contributed by atoms with E-state index in [0.29, 0.717) is 17.0 Å². The number of nitrogens with zero attached hydrogens (tertiary/aromatic N) is 2. The fourth-order valence-corrected chi connectivity index (χ4v) is 4.13. The maximum atomic E-state index is 12.7. The molecule has 5 rings (SSSR count). The molecule has 3 aromatic carbocycles. The second-order valence-corrected chi connectivity index (χ2v) is 7.65. The van der Waals surface area contributed by atoms with Crippen LogP contribution >= 0.6 is 0 Å². The number of piperidine rings is 1. The molecule has 1 aliphatic rings. The summed E-state index contributed by atoms with van der Waals surface area (Å²) in [6, 6.07) is 17.3. The Kier molecular flexibility index (Phi) is 4.78. The molecular weight excluding hydrogens is 396 g/mol. The van der Waals surface area contributed by atoms with Gasteiger partial charge in [-0.1, -0.05) is 18.2 Å². The second kappa shape index (κ2) is 7.75. The van der Waals surface area contributed by atoms with Crippen molar-refractivity contribution in [2.45, 2.75) is 19.3 Å². The normalized spacial score (nSPS) is 14.1. The molecular formula is C24H20N2O5. The van der Waals surface area contributed by atoms with E-state index in [2.05, 4.69) is 0 Å². The molecule has 2 heterocycles. The van der Waals surface area contributed by atoms with Gasteiger partial charge in [-0.2, -0.15) is 0 Å². The molecule has 7 heteroatoms. The topological polar surface area (TPSA) is 85.8 Å². The van der Waals surface area contributed by atoms with Gasteiger partial charge < -0.3 is 14.1 Å². The third-order valence-electron chi connectivity index (χ3n) is 5.66. The summed E-state index contributed by atoms with van der Waals surface area (Å²) in [5.41, 5.74) is 2.07. The number of hydrogen-bond acceptors (Lipinski definition) is 6. The molecule has 0 N–H and O–H groups in total. The van der Waals surface area contributed by atoms with Crippen LogP contribution in [0.2, 0.25) is 0 Å². The summed E-state index contributed by atoms with van der Waals surface area (Å²) in [6.45, 7) is 1.56. The van der Waals surface area contributed by atoms with Gasteiger partial charge in [-0.05, 0) is 55.7 Å². The first-order valence-corrected chi connectivity index (χ1v) is 10.3. The van der Waals surface area contributed by atoms with E-state index in [1.165, 1.54) is 6.07 Å². The van der Waals surface area contributed by atoms with Crippen LogP contribution < -0.4 is 9.64 Å². The Morgan fingerprint density at radius 1 is 0.935 bits per heavy atom. The van der Waals surface area contributed by atoms with Crippen molar-refractivity contribution in [3.8, 4) is 5.75 Å². The number of carbonyl (C=O) groups excluding carboxylic acids is 1. The van der Waals surface area contributed by atoms with Gasteiger partial charge in [-0.15, -0.1) is 0 Å². The number of para-hydroxylation sites is 1. The summed E-state index contributed by atoms with van der Waals surface area (Å²) in [6.07, 6.45) is 3.14. The average molecular weight is 416 g/mol. The van der Waals surface area contributed by atoms with E-state index in [9.17, 15) is 14.9 Å². The molecule has 0 spiro atoms. The minimum Gasteiger partial charge on any atom is -0.456 e. The fraction of sp³-hybridized carbons (Fsp3) is 0.208. The number of fused-ring (bicyclic) bond motifs is 3. The third-order valence-corrected chi connectivity index (χ3v) is 5.66. The lowest BCUT2D eigenvalue weighted by Crippen LogP contribution is -2.30. The van der Waals surface area contributed by atoms with Gasteiger partial charge in [-0.3, -0.25) is 10.1 Å². The molecule has 0 aliphatic carbocycles.